The molecule has 1 N–H and O–H groups in total. The monoisotopic (exact) mass is 193 g/mol. The lowest BCUT2D eigenvalue weighted by molar-refractivity contribution is 0.0860. The standard InChI is InChI=1S/C11H15NO2/c1-3-8-14-11-7-5-4-6-10(11)9-12-13-2/h3-7,12H,1,8-9H2,2H3. The summed E-state index contributed by atoms with van der Waals surface area (Å²) in [5.41, 5.74) is 3.84. The molecule has 0 atom stereocenters. The molecule has 0 fully saturated rings. The summed E-state index contributed by atoms with van der Waals surface area (Å²) in [5.74, 6) is 0.858. The van der Waals surface area contributed by atoms with Crippen LogP contribution >= 0.6 is 0 Å². The van der Waals surface area contributed by atoms with E-state index in [0.29, 0.717) is 13.2 Å². The van der Waals surface area contributed by atoms with Crippen LogP contribution in [0.15, 0.2) is 36.9 Å². The summed E-state index contributed by atoms with van der Waals surface area (Å²) in [5, 5.41) is 0. The molecule has 3 heteroatoms. The molecule has 0 aliphatic carbocycles. The van der Waals surface area contributed by atoms with Gasteiger partial charge in [0.2, 0.25) is 0 Å². The minimum atomic E-state index is 0.518. The van der Waals surface area contributed by atoms with Crippen molar-refractivity contribution in [1.29, 1.82) is 0 Å². The first-order valence-corrected chi connectivity index (χ1v) is 4.46. The molecular weight excluding hydrogens is 178 g/mol. The average Bonchev–Trinajstić information content (AvgIpc) is 2.24. The second-order valence-corrected chi connectivity index (χ2v) is 2.73. The zero-order valence-corrected chi connectivity index (χ0v) is 8.32. The second kappa shape index (κ2) is 6.18. The lowest BCUT2D eigenvalue weighted by Gasteiger charge is -2.09. The maximum atomic E-state index is 5.47. The van der Waals surface area contributed by atoms with E-state index in [9.17, 15) is 0 Å². The molecule has 0 radical (unpaired) electrons. The molecule has 0 amide bonds. The predicted molar refractivity (Wildman–Crippen MR) is 56.0 cm³/mol. The summed E-state index contributed by atoms with van der Waals surface area (Å²) in [4.78, 5) is 4.78. The zero-order chi connectivity index (χ0) is 10.2. The Bertz CT molecular complexity index is 286. The van der Waals surface area contributed by atoms with E-state index in [1.807, 2.05) is 24.3 Å². The van der Waals surface area contributed by atoms with Gasteiger partial charge in [-0.15, -0.1) is 0 Å². The maximum Gasteiger partial charge on any atom is 0.124 e. The van der Waals surface area contributed by atoms with E-state index in [-0.39, 0.29) is 0 Å². The number of para-hydroxylation sites is 1. The van der Waals surface area contributed by atoms with E-state index in [0.717, 1.165) is 11.3 Å². The fourth-order valence-electron chi connectivity index (χ4n) is 1.09. The van der Waals surface area contributed by atoms with Gasteiger partial charge in [0, 0.05) is 12.1 Å². The third-order valence-electron chi connectivity index (χ3n) is 1.74. The second-order valence-electron chi connectivity index (χ2n) is 2.73. The third-order valence-corrected chi connectivity index (χ3v) is 1.74. The van der Waals surface area contributed by atoms with Crippen molar-refractivity contribution < 1.29 is 9.57 Å². The van der Waals surface area contributed by atoms with Gasteiger partial charge in [-0.05, 0) is 6.07 Å². The van der Waals surface area contributed by atoms with E-state index < -0.39 is 0 Å². The first-order valence-electron chi connectivity index (χ1n) is 4.46. The number of benzene rings is 1. The Kier molecular flexibility index (Phi) is 4.75. The van der Waals surface area contributed by atoms with Crippen molar-refractivity contribution in [1.82, 2.24) is 5.48 Å². The smallest absolute Gasteiger partial charge is 0.124 e. The van der Waals surface area contributed by atoms with Gasteiger partial charge in [0.05, 0.1) is 7.11 Å². The number of hydrogen-bond acceptors (Lipinski definition) is 3. The molecule has 14 heavy (non-hydrogen) atoms. The Morgan fingerprint density at radius 2 is 2.21 bits per heavy atom. The summed E-state index contributed by atoms with van der Waals surface area (Å²) in [7, 11) is 1.59. The Labute approximate surface area is 84.3 Å². The molecule has 1 rings (SSSR count). The van der Waals surface area contributed by atoms with Crippen LogP contribution in [-0.2, 0) is 11.4 Å². The number of ether oxygens (including phenoxy) is 1. The zero-order valence-electron chi connectivity index (χ0n) is 8.32. The Morgan fingerprint density at radius 3 is 2.93 bits per heavy atom. The van der Waals surface area contributed by atoms with Crippen molar-refractivity contribution >= 4 is 0 Å². The van der Waals surface area contributed by atoms with Gasteiger partial charge in [0.1, 0.15) is 12.4 Å². The largest absolute Gasteiger partial charge is 0.489 e. The highest BCUT2D eigenvalue weighted by Crippen LogP contribution is 2.17. The van der Waals surface area contributed by atoms with Crippen LogP contribution in [0.4, 0.5) is 0 Å². The van der Waals surface area contributed by atoms with Crippen LogP contribution < -0.4 is 10.2 Å². The van der Waals surface area contributed by atoms with Gasteiger partial charge in [-0.25, -0.2) is 0 Å². The molecule has 1 aromatic carbocycles. The van der Waals surface area contributed by atoms with E-state index in [1.54, 1.807) is 13.2 Å². The van der Waals surface area contributed by atoms with Crippen LogP contribution in [0.1, 0.15) is 5.56 Å². The normalized spacial score (nSPS) is 9.79. The van der Waals surface area contributed by atoms with Gasteiger partial charge in [-0.1, -0.05) is 30.9 Å². The minimum Gasteiger partial charge on any atom is -0.489 e. The molecule has 3 nitrogen and oxygen atoms in total. The summed E-state index contributed by atoms with van der Waals surface area (Å²) in [6, 6.07) is 7.82. The molecule has 0 aliphatic heterocycles. The van der Waals surface area contributed by atoms with E-state index >= 15 is 0 Å². The first kappa shape index (κ1) is 10.8. The molecule has 0 bridgehead atoms. The highest BCUT2D eigenvalue weighted by molar-refractivity contribution is 5.33. The number of hydrogen-bond donors (Lipinski definition) is 1. The van der Waals surface area contributed by atoms with E-state index in [1.165, 1.54) is 0 Å². The lowest BCUT2D eigenvalue weighted by Crippen LogP contribution is -2.11. The van der Waals surface area contributed by atoms with Crippen molar-refractivity contribution in [2.45, 2.75) is 6.54 Å². The van der Waals surface area contributed by atoms with E-state index in [4.69, 9.17) is 9.57 Å². The molecule has 76 valence electrons. The number of nitrogens with one attached hydrogen (secondary N) is 1. The highest BCUT2D eigenvalue weighted by atomic mass is 16.6. The van der Waals surface area contributed by atoms with Crippen LogP contribution in [0.3, 0.4) is 0 Å². The molecule has 0 aromatic heterocycles. The van der Waals surface area contributed by atoms with Crippen molar-refractivity contribution in [3.8, 4) is 5.75 Å². The third kappa shape index (κ3) is 3.20. The lowest BCUT2D eigenvalue weighted by atomic mass is 10.2. The maximum absolute atomic E-state index is 5.47. The molecule has 0 aliphatic rings. The molecule has 0 saturated carbocycles. The predicted octanol–water partition coefficient (Wildman–Crippen LogP) is 1.90. The van der Waals surface area contributed by atoms with Gasteiger partial charge in [0.15, 0.2) is 0 Å². The van der Waals surface area contributed by atoms with Crippen molar-refractivity contribution in [2.75, 3.05) is 13.7 Å². The van der Waals surface area contributed by atoms with Gasteiger partial charge in [-0.3, -0.25) is 0 Å². The number of hydroxylamine groups is 1. The van der Waals surface area contributed by atoms with Crippen LogP contribution in [0.5, 0.6) is 5.75 Å². The van der Waals surface area contributed by atoms with Gasteiger partial charge in [0.25, 0.3) is 0 Å². The summed E-state index contributed by atoms with van der Waals surface area (Å²) in [6.07, 6.45) is 1.72. The van der Waals surface area contributed by atoms with Gasteiger partial charge < -0.3 is 9.57 Å². The topological polar surface area (TPSA) is 30.5 Å². The summed E-state index contributed by atoms with van der Waals surface area (Å²) in [6.45, 7) is 4.75. The van der Waals surface area contributed by atoms with Crippen molar-refractivity contribution in [3.63, 3.8) is 0 Å². The summed E-state index contributed by atoms with van der Waals surface area (Å²) >= 11 is 0. The van der Waals surface area contributed by atoms with Gasteiger partial charge >= 0.3 is 0 Å². The molecule has 0 unspecified atom stereocenters. The Balaban J connectivity index is 2.64. The fourth-order valence-corrected chi connectivity index (χ4v) is 1.09. The van der Waals surface area contributed by atoms with E-state index in [2.05, 4.69) is 12.1 Å². The SMILES string of the molecule is C=CCOc1ccccc1CNOC. The van der Waals surface area contributed by atoms with Crippen LogP contribution in [0.25, 0.3) is 0 Å². The van der Waals surface area contributed by atoms with Gasteiger partial charge in [-0.2, -0.15) is 5.48 Å². The van der Waals surface area contributed by atoms with Crippen molar-refractivity contribution in [3.05, 3.63) is 42.5 Å². The van der Waals surface area contributed by atoms with Crippen LogP contribution in [-0.4, -0.2) is 13.7 Å². The molecular formula is C11H15NO2. The van der Waals surface area contributed by atoms with Crippen LogP contribution in [0.2, 0.25) is 0 Å². The Morgan fingerprint density at radius 1 is 1.43 bits per heavy atom. The quantitative estimate of drug-likeness (QED) is 0.553. The molecule has 1 aromatic rings. The van der Waals surface area contributed by atoms with Crippen LogP contribution in [0, 0.1) is 0 Å². The highest BCUT2D eigenvalue weighted by Gasteiger charge is 2.00. The average molecular weight is 193 g/mol. The molecule has 0 heterocycles. The number of rotatable bonds is 6. The minimum absolute atomic E-state index is 0.518. The first-order chi connectivity index (χ1) is 6.88. The Hall–Kier alpha value is -1.32. The molecule has 0 spiro atoms. The fraction of sp³-hybridized carbons (Fsp3) is 0.273. The molecule has 0 saturated heterocycles. The summed E-state index contributed by atoms with van der Waals surface area (Å²) < 4.78 is 5.47. The van der Waals surface area contributed by atoms with Crippen molar-refractivity contribution in [2.24, 2.45) is 0 Å².